The lowest BCUT2D eigenvalue weighted by molar-refractivity contribution is 0.112. The number of ether oxygens (including phenoxy) is 1. The maximum atomic E-state index is 10.6. The number of methoxy groups -OCH3 is 1. The molecule has 2 rings (SSSR count). The van der Waals surface area contributed by atoms with E-state index in [1.54, 1.807) is 19.2 Å². The third kappa shape index (κ3) is 2.51. The van der Waals surface area contributed by atoms with E-state index in [1.165, 1.54) is 0 Å². The Balaban J connectivity index is 2.28. The van der Waals surface area contributed by atoms with Gasteiger partial charge in [-0.05, 0) is 36.4 Å². The van der Waals surface area contributed by atoms with Crippen molar-refractivity contribution in [2.24, 2.45) is 0 Å². The lowest BCUT2D eigenvalue weighted by Gasteiger charge is -2.20. The summed E-state index contributed by atoms with van der Waals surface area (Å²) in [5, 5.41) is 0. The molecule has 0 fully saturated rings. The first-order valence-corrected chi connectivity index (χ1v) is 5.67. The minimum atomic E-state index is 0.679. The van der Waals surface area contributed by atoms with Crippen molar-refractivity contribution in [1.82, 2.24) is 0 Å². The fourth-order valence-corrected chi connectivity index (χ4v) is 1.74. The van der Waals surface area contributed by atoms with Crippen LogP contribution in [0.1, 0.15) is 10.4 Å². The Kier molecular flexibility index (Phi) is 3.63. The SMILES string of the molecule is COc1cccc(N(C)c2ccc(C=O)cc2)c1. The molecular formula is C15H15NO2. The fourth-order valence-electron chi connectivity index (χ4n) is 1.74. The summed E-state index contributed by atoms with van der Waals surface area (Å²) < 4.78 is 5.20. The molecule has 0 aliphatic rings. The molecule has 0 aliphatic heterocycles. The second-order valence-corrected chi connectivity index (χ2v) is 3.97. The Labute approximate surface area is 107 Å². The predicted octanol–water partition coefficient (Wildman–Crippen LogP) is 3.28. The molecule has 0 atom stereocenters. The molecule has 3 heteroatoms. The first-order chi connectivity index (χ1) is 8.74. The average molecular weight is 241 g/mol. The number of carbonyl (C=O) groups excluding carboxylic acids is 1. The summed E-state index contributed by atoms with van der Waals surface area (Å²) in [5.74, 6) is 0.823. The monoisotopic (exact) mass is 241 g/mol. The van der Waals surface area contributed by atoms with Crippen LogP contribution in [0.5, 0.6) is 5.75 Å². The summed E-state index contributed by atoms with van der Waals surface area (Å²) in [6.07, 6.45) is 0.843. The number of rotatable bonds is 4. The predicted molar refractivity (Wildman–Crippen MR) is 72.9 cm³/mol. The van der Waals surface area contributed by atoms with E-state index < -0.39 is 0 Å². The lowest BCUT2D eigenvalue weighted by Crippen LogP contribution is -2.09. The highest BCUT2D eigenvalue weighted by molar-refractivity contribution is 5.76. The van der Waals surface area contributed by atoms with Crippen LogP contribution in [0.15, 0.2) is 48.5 Å². The van der Waals surface area contributed by atoms with Gasteiger partial charge in [-0.15, -0.1) is 0 Å². The number of hydrogen-bond donors (Lipinski definition) is 0. The van der Waals surface area contributed by atoms with Crippen LogP contribution in [0.3, 0.4) is 0 Å². The van der Waals surface area contributed by atoms with Gasteiger partial charge in [0.25, 0.3) is 0 Å². The standard InChI is InChI=1S/C15H15NO2/c1-16(13-8-6-12(11-17)7-9-13)14-4-3-5-15(10-14)18-2/h3-11H,1-2H3. The molecule has 0 aliphatic carbocycles. The number of carbonyl (C=O) groups is 1. The minimum Gasteiger partial charge on any atom is -0.497 e. The molecule has 0 unspecified atom stereocenters. The highest BCUT2D eigenvalue weighted by Gasteiger charge is 2.04. The van der Waals surface area contributed by atoms with Gasteiger partial charge in [-0.2, -0.15) is 0 Å². The highest BCUT2D eigenvalue weighted by Crippen LogP contribution is 2.26. The Morgan fingerprint density at radius 3 is 2.39 bits per heavy atom. The largest absolute Gasteiger partial charge is 0.497 e. The Bertz CT molecular complexity index is 534. The van der Waals surface area contributed by atoms with Gasteiger partial charge < -0.3 is 9.64 Å². The van der Waals surface area contributed by atoms with Crippen LogP contribution in [0, 0.1) is 0 Å². The number of benzene rings is 2. The summed E-state index contributed by atoms with van der Waals surface area (Å²) >= 11 is 0. The van der Waals surface area contributed by atoms with Crippen LogP contribution >= 0.6 is 0 Å². The molecule has 0 radical (unpaired) electrons. The van der Waals surface area contributed by atoms with Gasteiger partial charge in [-0.1, -0.05) is 6.07 Å². The number of hydrogen-bond acceptors (Lipinski definition) is 3. The van der Waals surface area contributed by atoms with Crippen molar-refractivity contribution in [3.63, 3.8) is 0 Å². The van der Waals surface area contributed by atoms with E-state index in [2.05, 4.69) is 0 Å². The first kappa shape index (κ1) is 12.2. The van der Waals surface area contributed by atoms with Gasteiger partial charge in [-0.25, -0.2) is 0 Å². The lowest BCUT2D eigenvalue weighted by atomic mass is 10.2. The summed E-state index contributed by atoms with van der Waals surface area (Å²) in [4.78, 5) is 12.6. The third-order valence-corrected chi connectivity index (χ3v) is 2.86. The summed E-state index contributed by atoms with van der Waals surface area (Å²) in [6, 6.07) is 15.3. The van der Waals surface area contributed by atoms with E-state index in [0.29, 0.717) is 5.56 Å². The zero-order chi connectivity index (χ0) is 13.0. The number of nitrogens with zero attached hydrogens (tertiary/aromatic N) is 1. The Morgan fingerprint density at radius 1 is 1.06 bits per heavy atom. The molecule has 18 heavy (non-hydrogen) atoms. The molecule has 0 amide bonds. The second kappa shape index (κ2) is 5.36. The third-order valence-electron chi connectivity index (χ3n) is 2.86. The van der Waals surface area contributed by atoms with Crippen LogP contribution < -0.4 is 9.64 Å². The Hall–Kier alpha value is -2.29. The quantitative estimate of drug-likeness (QED) is 0.769. The van der Waals surface area contributed by atoms with Gasteiger partial charge >= 0.3 is 0 Å². The van der Waals surface area contributed by atoms with E-state index in [0.717, 1.165) is 23.4 Å². The van der Waals surface area contributed by atoms with E-state index in [-0.39, 0.29) is 0 Å². The van der Waals surface area contributed by atoms with Crippen LogP contribution in [0.4, 0.5) is 11.4 Å². The fraction of sp³-hybridized carbons (Fsp3) is 0.133. The minimum absolute atomic E-state index is 0.679. The maximum absolute atomic E-state index is 10.6. The molecule has 3 nitrogen and oxygen atoms in total. The zero-order valence-electron chi connectivity index (χ0n) is 10.5. The topological polar surface area (TPSA) is 29.5 Å². The van der Waals surface area contributed by atoms with Crippen molar-refractivity contribution in [3.8, 4) is 5.75 Å². The molecular weight excluding hydrogens is 226 g/mol. The maximum Gasteiger partial charge on any atom is 0.150 e. The van der Waals surface area contributed by atoms with Gasteiger partial charge in [0.1, 0.15) is 12.0 Å². The average Bonchev–Trinajstić information content (AvgIpc) is 2.46. The van der Waals surface area contributed by atoms with E-state index in [9.17, 15) is 4.79 Å². The van der Waals surface area contributed by atoms with Crippen LogP contribution in [0.2, 0.25) is 0 Å². The van der Waals surface area contributed by atoms with E-state index in [1.807, 2.05) is 48.3 Å². The zero-order valence-corrected chi connectivity index (χ0v) is 10.5. The van der Waals surface area contributed by atoms with Crippen molar-refractivity contribution in [3.05, 3.63) is 54.1 Å². The smallest absolute Gasteiger partial charge is 0.150 e. The van der Waals surface area contributed by atoms with Crippen LogP contribution in [0.25, 0.3) is 0 Å². The molecule has 2 aromatic carbocycles. The van der Waals surface area contributed by atoms with Crippen LogP contribution in [-0.4, -0.2) is 20.4 Å². The highest BCUT2D eigenvalue weighted by atomic mass is 16.5. The molecule has 0 bridgehead atoms. The van der Waals surface area contributed by atoms with Crippen LogP contribution in [-0.2, 0) is 0 Å². The van der Waals surface area contributed by atoms with Crippen molar-refractivity contribution in [2.75, 3.05) is 19.1 Å². The van der Waals surface area contributed by atoms with Crippen molar-refractivity contribution < 1.29 is 9.53 Å². The van der Waals surface area contributed by atoms with Gasteiger partial charge in [0.15, 0.2) is 0 Å². The normalized spacial score (nSPS) is 9.89. The molecule has 0 N–H and O–H groups in total. The van der Waals surface area contributed by atoms with Gasteiger partial charge in [0.05, 0.1) is 7.11 Å². The summed E-state index contributed by atoms with van der Waals surface area (Å²) in [7, 11) is 3.63. The van der Waals surface area contributed by atoms with Crippen molar-refractivity contribution >= 4 is 17.7 Å². The van der Waals surface area contributed by atoms with Crippen molar-refractivity contribution in [1.29, 1.82) is 0 Å². The molecule has 0 saturated carbocycles. The molecule has 0 aromatic heterocycles. The first-order valence-electron chi connectivity index (χ1n) is 5.67. The number of anilines is 2. The van der Waals surface area contributed by atoms with Crippen molar-refractivity contribution in [2.45, 2.75) is 0 Å². The molecule has 0 saturated heterocycles. The molecule has 2 aromatic rings. The summed E-state index contributed by atoms with van der Waals surface area (Å²) in [5.41, 5.74) is 2.74. The van der Waals surface area contributed by atoms with E-state index in [4.69, 9.17) is 4.74 Å². The Morgan fingerprint density at radius 2 is 1.78 bits per heavy atom. The van der Waals surface area contributed by atoms with E-state index >= 15 is 0 Å². The molecule has 0 spiro atoms. The summed E-state index contributed by atoms with van der Waals surface area (Å²) in [6.45, 7) is 0. The number of aldehydes is 1. The van der Waals surface area contributed by atoms with Gasteiger partial charge in [0, 0.05) is 30.1 Å². The van der Waals surface area contributed by atoms with Gasteiger partial charge in [-0.3, -0.25) is 4.79 Å². The molecule has 0 heterocycles. The second-order valence-electron chi connectivity index (χ2n) is 3.97. The van der Waals surface area contributed by atoms with Gasteiger partial charge in [0.2, 0.25) is 0 Å². The molecule has 92 valence electrons.